The van der Waals surface area contributed by atoms with Gasteiger partial charge in [-0.25, -0.2) is 5.84 Å². The van der Waals surface area contributed by atoms with E-state index in [1.54, 1.807) is 18.0 Å². The molecule has 0 unspecified atom stereocenters. The first-order valence-corrected chi connectivity index (χ1v) is 5.61. The van der Waals surface area contributed by atoms with E-state index >= 15 is 0 Å². The summed E-state index contributed by atoms with van der Waals surface area (Å²) < 4.78 is 5.28. The summed E-state index contributed by atoms with van der Waals surface area (Å²) in [5, 5.41) is 2.70. The molecule has 0 fully saturated rings. The maximum atomic E-state index is 11.3. The van der Waals surface area contributed by atoms with Crippen molar-refractivity contribution in [1.29, 1.82) is 0 Å². The van der Waals surface area contributed by atoms with Crippen LogP contribution in [0.25, 0.3) is 0 Å². The van der Waals surface area contributed by atoms with Crippen LogP contribution in [0, 0.1) is 0 Å². The monoisotopic (exact) mass is 254 g/mol. The number of nitrogens with zero attached hydrogens (tertiary/aromatic N) is 1. The molecule has 0 bridgehead atoms. The second-order valence-electron chi connectivity index (χ2n) is 3.87. The molecule has 0 atom stereocenters. The van der Waals surface area contributed by atoms with E-state index in [-0.39, 0.29) is 18.2 Å². The highest BCUT2D eigenvalue weighted by Crippen LogP contribution is 2.09. The number of amides is 2. The van der Waals surface area contributed by atoms with Gasteiger partial charge in [0.25, 0.3) is 0 Å². The van der Waals surface area contributed by atoms with Crippen molar-refractivity contribution in [2.75, 3.05) is 20.1 Å². The number of likely N-dealkylation sites (N-methyl/N-ethyl adjacent to an activating group) is 2. The van der Waals surface area contributed by atoms with E-state index in [2.05, 4.69) is 5.32 Å². The minimum Gasteiger partial charge on any atom is -0.455 e. The van der Waals surface area contributed by atoms with Gasteiger partial charge in [0.1, 0.15) is 5.76 Å². The number of carbonyl (C=O) groups excluding carboxylic acids is 2. The fourth-order valence-electron chi connectivity index (χ4n) is 1.48. The molecule has 0 spiro atoms. The number of hydrazine groups is 1. The minimum atomic E-state index is -0.479. The Bertz CT molecular complexity index is 416. The number of nitrogens with two attached hydrogens (primary N) is 1. The molecule has 100 valence electrons. The highest BCUT2D eigenvalue weighted by Gasteiger charge is 2.12. The maximum Gasteiger partial charge on any atom is 0.300 e. The van der Waals surface area contributed by atoms with Gasteiger partial charge in [0, 0.05) is 6.54 Å². The van der Waals surface area contributed by atoms with E-state index in [9.17, 15) is 9.59 Å². The van der Waals surface area contributed by atoms with Gasteiger partial charge in [-0.1, -0.05) is 0 Å². The number of hydrogen-bond acceptors (Lipinski definition) is 5. The molecule has 7 heteroatoms. The SMILES string of the molecule is CCNC(=O)CN(C)Cc1ccc(C(=O)NN)o1. The lowest BCUT2D eigenvalue weighted by Gasteiger charge is -2.14. The summed E-state index contributed by atoms with van der Waals surface area (Å²) in [5.41, 5.74) is 1.99. The van der Waals surface area contributed by atoms with Crippen LogP contribution in [-0.4, -0.2) is 36.9 Å². The van der Waals surface area contributed by atoms with Crippen LogP contribution in [0.4, 0.5) is 0 Å². The van der Waals surface area contributed by atoms with E-state index in [0.717, 1.165) is 0 Å². The molecule has 0 radical (unpaired) electrons. The lowest BCUT2D eigenvalue weighted by Crippen LogP contribution is -2.34. The van der Waals surface area contributed by atoms with Crippen molar-refractivity contribution < 1.29 is 14.0 Å². The highest BCUT2D eigenvalue weighted by molar-refractivity contribution is 5.90. The van der Waals surface area contributed by atoms with Crippen molar-refractivity contribution in [3.63, 3.8) is 0 Å². The predicted octanol–water partition coefficient (Wildman–Crippen LogP) is -0.549. The van der Waals surface area contributed by atoms with E-state index in [4.69, 9.17) is 10.3 Å². The van der Waals surface area contributed by atoms with Crippen molar-refractivity contribution in [3.8, 4) is 0 Å². The van der Waals surface area contributed by atoms with E-state index in [1.165, 1.54) is 6.07 Å². The lowest BCUT2D eigenvalue weighted by molar-refractivity contribution is -0.122. The molecule has 4 N–H and O–H groups in total. The van der Waals surface area contributed by atoms with Crippen molar-refractivity contribution in [2.24, 2.45) is 5.84 Å². The molecule has 1 aromatic heterocycles. The Kier molecular flexibility index (Phi) is 5.34. The van der Waals surface area contributed by atoms with Gasteiger partial charge in [-0.15, -0.1) is 0 Å². The minimum absolute atomic E-state index is 0.0496. The maximum absolute atomic E-state index is 11.3. The molecule has 0 aliphatic carbocycles. The zero-order valence-electron chi connectivity index (χ0n) is 10.5. The van der Waals surface area contributed by atoms with Crippen LogP contribution in [-0.2, 0) is 11.3 Å². The summed E-state index contributed by atoms with van der Waals surface area (Å²) in [5.74, 6) is 5.21. The van der Waals surface area contributed by atoms with Gasteiger partial charge >= 0.3 is 5.91 Å². The first-order valence-electron chi connectivity index (χ1n) is 5.61. The topological polar surface area (TPSA) is 101 Å². The fraction of sp³-hybridized carbons (Fsp3) is 0.455. The molecule has 1 aromatic rings. The number of carbonyl (C=O) groups is 2. The molecule has 1 rings (SSSR count). The molecule has 2 amide bonds. The van der Waals surface area contributed by atoms with Crippen molar-refractivity contribution in [3.05, 3.63) is 23.7 Å². The Labute approximate surface area is 105 Å². The van der Waals surface area contributed by atoms with Gasteiger partial charge < -0.3 is 9.73 Å². The third-order valence-corrected chi connectivity index (χ3v) is 2.23. The zero-order chi connectivity index (χ0) is 13.5. The van der Waals surface area contributed by atoms with Gasteiger partial charge in [-0.3, -0.25) is 19.9 Å². The summed E-state index contributed by atoms with van der Waals surface area (Å²) in [6, 6.07) is 3.22. The number of nitrogens with one attached hydrogen (secondary N) is 2. The third-order valence-electron chi connectivity index (χ3n) is 2.23. The second-order valence-corrected chi connectivity index (χ2v) is 3.87. The first-order chi connectivity index (χ1) is 8.56. The van der Waals surface area contributed by atoms with Crippen LogP contribution in [0.2, 0.25) is 0 Å². The van der Waals surface area contributed by atoms with Gasteiger partial charge in [-0.05, 0) is 26.1 Å². The van der Waals surface area contributed by atoms with Gasteiger partial charge in [0.15, 0.2) is 5.76 Å². The van der Waals surface area contributed by atoms with Crippen molar-refractivity contribution in [2.45, 2.75) is 13.5 Å². The Balaban J connectivity index is 2.49. The standard InChI is InChI=1S/C11H18N4O3/c1-3-13-10(16)7-15(2)6-8-4-5-9(18-8)11(17)14-12/h4-5H,3,6-7,12H2,1-2H3,(H,13,16)(H,14,17). The molecule has 18 heavy (non-hydrogen) atoms. The third kappa shape index (κ3) is 4.19. The summed E-state index contributed by atoms with van der Waals surface area (Å²) in [6.45, 7) is 3.18. The fourth-order valence-corrected chi connectivity index (χ4v) is 1.48. The summed E-state index contributed by atoms with van der Waals surface area (Å²) >= 11 is 0. The predicted molar refractivity (Wildman–Crippen MR) is 65.4 cm³/mol. The number of furan rings is 1. The van der Waals surface area contributed by atoms with Crippen LogP contribution in [0.1, 0.15) is 23.2 Å². The quantitative estimate of drug-likeness (QED) is 0.359. The zero-order valence-corrected chi connectivity index (χ0v) is 10.5. The first kappa shape index (κ1) is 14.2. The second kappa shape index (κ2) is 6.77. The molecular weight excluding hydrogens is 236 g/mol. The Morgan fingerprint density at radius 2 is 2.17 bits per heavy atom. The number of nitrogen functional groups attached to an aromatic ring is 1. The van der Waals surface area contributed by atoms with Gasteiger partial charge in [0.2, 0.25) is 5.91 Å². The van der Waals surface area contributed by atoms with Crippen LogP contribution in [0.3, 0.4) is 0 Å². The van der Waals surface area contributed by atoms with E-state index < -0.39 is 5.91 Å². The highest BCUT2D eigenvalue weighted by atomic mass is 16.4. The van der Waals surface area contributed by atoms with Gasteiger partial charge in [0.05, 0.1) is 13.1 Å². The summed E-state index contributed by atoms with van der Waals surface area (Å²) in [6.07, 6.45) is 0. The van der Waals surface area contributed by atoms with Gasteiger partial charge in [-0.2, -0.15) is 0 Å². The summed E-state index contributed by atoms with van der Waals surface area (Å²) in [7, 11) is 1.79. The average Bonchev–Trinajstić information content (AvgIpc) is 2.76. The molecule has 0 aromatic carbocycles. The van der Waals surface area contributed by atoms with Crippen LogP contribution in [0.5, 0.6) is 0 Å². The molecule has 0 saturated carbocycles. The molecular formula is C11H18N4O3. The lowest BCUT2D eigenvalue weighted by atomic mass is 10.4. The molecule has 1 heterocycles. The van der Waals surface area contributed by atoms with Crippen LogP contribution in [0.15, 0.2) is 16.5 Å². The van der Waals surface area contributed by atoms with Crippen LogP contribution >= 0.6 is 0 Å². The largest absolute Gasteiger partial charge is 0.455 e. The van der Waals surface area contributed by atoms with E-state index in [1.807, 2.05) is 12.3 Å². The molecule has 7 nitrogen and oxygen atoms in total. The summed E-state index contributed by atoms with van der Waals surface area (Å²) in [4.78, 5) is 24.3. The smallest absolute Gasteiger partial charge is 0.300 e. The van der Waals surface area contributed by atoms with Crippen LogP contribution < -0.4 is 16.6 Å². The van der Waals surface area contributed by atoms with Crippen molar-refractivity contribution in [1.82, 2.24) is 15.6 Å². The Morgan fingerprint density at radius 3 is 2.78 bits per heavy atom. The molecule has 0 saturated heterocycles. The number of rotatable bonds is 6. The average molecular weight is 254 g/mol. The van der Waals surface area contributed by atoms with E-state index in [0.29, 0.717) is 18.8 Å². The molecule has 0 aliphatic rings. The number of hydrogen-bond donors (Lipinski definition) is 3. The Hall–Kier alpha value is -1.86. The van der Waals surface area contributed by atoms with Crippen molar-refractivity contribution >= 4 is 11.8 Å². The Morgan fingerprint density at radius 1 is 1.44 bits per heavy atom. The normalized spacial score (nSPS) is 10.4. The molecule has 0 aliphatic heterocycles.